The Labute approximate surface area is 258 Å². The summed E-state index contributed by atoms with van der Waals surface area (Å²) in [5.41, 5.74) is 5.32. The first-order chi connectivity index (χ1) is 20.4. The highest BCUT2D eigenvalue weighted by Gasteiger charge is 2.22. The van der Waals surface area contributed by atoms with Crippen LogP contribution >= 0.6 is 27.5 Å². The van der Waals surface area contributed by atoms with Gasteiger partial charge in [-0.05, 0) is 68.1 Å². The highest BCUT2D eigenvalue weighted by molar-refractivity contribution is 9.10. The number of nitrogens with zero attached hydrogens (tertiary/aromatic N) is 3. The lowest BCUT2D eigenvalue weighted by atomic mass is 10.0. The maximum atomic E-state index is 13.3. The monoisotopic (exact) mass is 652 g/mol. The molecule has 0 atom stereocenters. The molecule has 0 unspecified atom stereocenters. The van der Waals surface area contributed by atoms with Gasteiger partial charge in [-0.25, -0.2) is 9.67 Å². The number of ether oxygens (including phenoxy) is 1. The zero-order valence-corrected chi connectivity index (χ0v) is 26.0. The normalized spacial score (nSPS) is 13.7. The second kappa shape index (κ2) is 13.7. The van der Waals surface area contributed by atoms with Crippen LogP contribution in [0.15, 0.2) is 53.1 Å². The molecule has 5 rings (SSSR count). The molecule has 3 heterocycles. The lowest BCUT2D eigenvalue weighted by Gasteiger charge is -2.26. The fourth-order valence-corrected chi connectivity index (χ4v) is 6.10. The Kier molecular flexibility index (Phi) is 9.76. The van der Waals surface area contributed by atoms with E-state index in [1.165, 1.54) is 0 Å². The molecule has 3 N–H and O–H groups in total. The molecule has 11 heteroatoms. The average Bonchev–Trinajstić information content (AvgIpc) is 3.42. The third-order valence-electron chi connectivity index (χ3n) is 7.36. The largest absolute Gasteiger partial charge is 0.381 e. The predicted molar refractivity (Wildman–Crippen MR) is 168 cm³/mol. The zero-order chi connectivity index (χ0) is 29.6. The van der Waals surface area contributed by atoms with Gasteiger partial charge < -0.3 is 20.7 Å². The molecule has 1 aliphatic heterocycles. The Balaban J connectivity index is 1.34. The minimum absolute atomic E-state index is 0.261. The van der Waals surface area contributed by atoms with Crippen molar-refractivity contribution in [3.05, 3.63) is 86.1 Å². The van der Waals surface area contributed by atoms with E-state index in [9.17, 15) is 9.59 Å². The summed E-state index contributed by atoms with van der Waals surface area (Å²) in [6.45, 7) is 6.85. The molecular weight excluding hydrogens is 620 g/mol. The molecule has 0 aliphatic carbocycles. The molecule has 2 amide bonds. The molecule has 4 aromatic rings. The smallest absolute Gasteiger partial charge is 0.251 e. The number of rotatable bonds is 10. The van der Waals surface area contributed by atoms with E-state index >= 15 is 0 Å². The SMILES string of the molecule is CCc1nc2c(cnn2CC)c(NC2CCOCC2)c1CNC(=O)c1cccc(C(=O)NCc2cc(Cl)cc(Br)c2)c1. The first-order valence-electron chi connectivity index (χ1n) is 14.2. The Morgan fingerprint density at radius 1 is 1.05 bits per heavy atom. The van der Waals surface area contributed by atoms with Gasteiger partial charge in [0.05, 0.1) is 17.3 Å². The number of benzene rings is 2. The van der Waals surface area contributed by atoms with Crippen LogP contribution in [-0.4, -0.2) is 45.8 Å². The molecule has 2 aromatic heterocycles. The fourth-order valence-electron chi connectivity index (χ4n) is 5.17. The molecule has 9 nitrogen and oxygen atoms in total. The van der Waals surface area contributed by atoms with E-state index in [1.807, 2.05) is 23.9 Å². The quantitative estimate of drug-likeness (QED) is 0.197. The van der Waals surface area contributed by atoms with Crippen molar-refractivity contribution >= 4 is 56.1 Å². The van der Waals surface area contributed by atoms with E-state index < -0.39 is 0 Å². The maximum Gasteiger partial charge on any atom is 0.251 e. The second-order valence-electron chi connectivity index (χ2n) is 10.2. The molecular formula is C31H34BrClN6O3. The lowest BCUT2D eigenvalue weighted by Crippen LogP contribution is -2.30. The summed E-state index contributed by atoms with van der Waals surface area (Å²) in [7, 11) is 0. The van der Waals surface area contributed by atoms with Crippen molar-refractivity contribution in [2.75, 3.05) is 18.5 Å². The Morgan fingerprint density at radius 3 is 2.43 bits per heavy atom. The molecule has 0 bridgehead atoms. The predicted octanol–water partition coefficient (Wildman–Crippen LogP) is 5.88. The van der Waals surface area contributed by atoms with Crippen molar-refractivity contribution in [2.24, 2.45) is 0 Å². The van der Waals surface area contributed by atoms with Crippen molar-refractivity contribution in [1.82, 2.24) is 25.4 Å². The number of nitrogens with one attached hydrogen (secondary N) is 3. The van der Waals surface area contributed by atoms with E-state index in [1.54, 1.807) is 36.4 Å². The third-order valence-corrected chi connectivity index (χ3v) is 8.04. The van der Waals surface area contributed by atoms with Gasteiger partial charge in [-0.3, -0.25) is 9.59 Å². The van der Waals surface area contributed by atoms with Crippen LogP contribution in [0, 0.1) is 0 Å². The standard InChI is InChI=1S/C31H34BrClN6O3/c1-3-27-25(28(37-24-8-10-42-11-9-24)26-18-36-39(4-2)29(26)38-27)17-35-31(41)21-7-5-6-20(14-21)30(40)34-16-19-12-22(32)15-23(33)13-19/h5-7,12-15,18,24H,3-4,8-11,16-17H2,1-2H3,(H,34,40)(H,35,41)(H,37,38). The van der Waals surface area contributed by atoms with Crippen LogP contribution in [0.3, 0.4) is 0 Å². The third kappa shape index (κ3) is 6.94. The van der Waals surface area contributed by atoms with Crippen molar-refractivity contribution in [3.63, 3.8) is 0 Å². The summed E-state index contributed by atoms with van der Waals surface area (Å²) in [4.78, 5) is 31.2. The van der Waals surface area contributed by atoms with E-state index in [-0.39, 0.29) is 24.4 Å². The number of hydrogen-bond acceptors (Lipinski definition) is 6. The summed E-state index contributed by atoms with van der Waals surface area (Å²) < 4.78 is 8.30. The number of pyridine rings is 1. The number of halogens is 2. The average molecular weight is 654 g/mol. The summed E-state index contributed by atoms with van der Waals surface area (Å²) in [6.07, 6.45) is 4.37. The Morgan fingerprint density at radius 2 is 1.76 bits per heavy atom. The van der Waals surface area contributed by atoms with Gasteiger partial charge in [-0.1, -0.05) is 40.5 Å². The van der Waals surface area contributed by atoms with E-state index in [4.69, 9.17) is 21.3 Å². The number of carbonyl (C=O) groups excluding carboxylic acids is 2. The van der Waals surface area contributed by atoms with Gasteiger partial charge >= 0.3 is 0 Å². The molecule has 0 radical (unpaired) electrons. The molecule has 1 aliphatic rings. The zero-order valence-electron chi connectivity index (χ0n) is 23.7. The van der Waals surface area contributed by atoms with Gasteiger partial charge in [-0.15, -0.1) is 0 Å². The van der Waals surface area contributed by atoms with Gasteiger partial charge in [0.15, 0.2) is 5.65 Å². The van der Waals surface area contributed by atoms with Gasteiger partial charge in [0, 0.05) is 70.8 Å². The number of aromatic nitrogens is 3. The van der Waals surface area contributed by atoms with Crippen LogP contribution in [0.5, 0.6) is 0 Å². The van der Waals surface area contributed by atoms with Crippen molar-refractivity contribution in [1.29, 1.82) is 0 Å². The molecule has 1 saturated heterocycles. The van der Waals surface area contributed by atoms with Crippen molar-refractivity contribution in [3.8, 4) is 0 Å². The highest BCUT2D eigenvalue weighted by atomic mass is 79.9. The summed E-state index contributed by atoms with van der Waals surface area (Å²) in [6, 6.07) is 12.4. The molecule has 220 valence electrons. The van der Waals surface area contributed by atoms with E-state index in [0.717, 1.165) is 50.9 Å². The molecule has 42 heavy (non-hydrogen) atoms. The van der Waals surface area contributed by atoms with Gasteiger partial charge in [0.2, 0.25) is 0 Å². The van der Waals surface area contributed by atoms with Crippen molar-refractivity contribution in [2.45, 2.75) is 58.8 Å². The first kappa shape index (κ1) is 30.0. The van der Waals surface area contributed by atoms with Crippen LogP contribution in [-0.2, 0) is 30.8 Å². The highest BCUT2D eigenvalue weighted by Crippen LogP contribution is 2.31. The number of fused-ring (bicyclic) bond motifs is 1. The first-order valence-corrected chi connectivity index (χ1v) is 15.4. The minimum atomic E-state index is -0.278. The molecule has 0 spiro atoms. The van der Waals surface area contributed by atoms with Gasteiger partial charge in [0.25, 0.3) is 11.8 Å². The van der Waals surface area contributed by atoms with Crippen molar-refractivity contribution < 1.29 is 14.3 Å². The number of hydrogen-bond donors (Lipinski definition) is 3. The van der Waals surface area contributed by atoms with Crippen LogP contribution in [0.25, 0.3) is 11.0 Å². The fraction of sp³-hybridized carbons (Fsp3) is 0.355. The second-order valence-corrected chi connectivity index (χ2v) is 11.6. The van der Waals surface area contributed by atoms with Crippen LogP contribution in [0.2, 0.25) is 5.02 Å². The molecule has 1 fully saturated rings. The van der Waals surface area contributed by atoms with E-state index in [0.29, 0.717) is 48.9 Å². The van der Waals surface area contributed by atoms with Crippen LogP contribution in [0.4, 0.5) is 5.69 Å². The van der Waals surface area contributed by atoms with Gasteiger partial charge in [-0.2, -0.15) is 5.10 Å². The minimum Gasteiger partial charge on any atom is -0.381 e. The summed E-state index contributed by atoms with van der Waals surface area (Å²) >= 11 is 9.54. The number of carbonyl (C=O) groups is 2. The van der Waals surface area contributed by atoms with Gasteiger partial charge in [0.1, 0.15) is 0 Å². The number of anilines is 1. The maximum absolute atomic E-state index is 13.3. The van der Waals surface area contributed by atoms with Crippen LogP contribution < -0.4 is 16.0 Å². The number of amides is 2. The number of aryl methyl sites for hydroxylation is 2. The van der Waals surface area contributed by atoms with Crippen LogP contribution in [0.1, 0.15) is 64.2 Å². The Hall–Kier alpha value is -3.47. The topological polar surface area (TPSA) is 110 Å². The summed E-state index contributed by atoms with van der Waals surface area (Å²) in [5.74, 6) is -0.550. The Bertz CT molecular complexity index is 1580. The summed E-state index contributed by atoms with van der Waals surface area (Å²) in [5, 5.41) is 15.8. The molecule has 2 aromatic carbocycles. The lowest BCUT2D eigenvalue weighted by molar-refractivity contribution is 0.0904. The van der Waals surface area contributed by atoms with E-state index in [2.05, 4.69) is 43.9 Å². The molecule has 0 saturated carbocycles.